The molecule has 0 radical (unpaired) electrons. The third kappa shape index (κ3) is 4.14. The molecule has 138 valence electrons. The predicted octanol–water partition coefficient (Wildman–Crippen LogP) is 3.87. The minimum Gasteiger partial charge on any atom is -0.345 e. The molecule has 1 saturated heterocycles. The van der Waals surface area contributed by atoms with Gasteiger partial charge in [0.25, 0.3) is 0 Å². The second-order valence-corrected chi connectivity index (χ2v) is 8.53. The third-order valence-electron chi connectivity index (χ3n) is 4.52. The molecule has 1 unspecified atom stereocenters. The van der Waals surface area contributed by atoms with E-state index >= 15 is 0 Å². The van der Waals surface area contributed by atoms with E-state index in [9.17, 15) is 14.0 Å². The van der Waals surface area contributed by atoms with Crippen LogP contribution in [0.5, 0.6) is 0 Å². The molecule has 0 saturated carbocycles. The summed E-state index contributed by atoms with van der Waals surface area (Å²) in [7, 11) is 0. The molecule has 25 heavy (non-hydrogen) atoms. The highest BCUT2D eigenvalue weighted by atomic mass is 35.5. The zero-order valence-electron chi connectivity index (χ0n) is 15.5. The number of hydrogen-bond donors (Lipinski definition) is 1. The number of halogens is 2. The van der Waals surface area contributed by atoms with Gasteiger partial charge in [-0.25, -0.2) is 4.39 Å². The van der Waals surface area contributed by atoms with Crippen LogP contribution in [0.1, 0.15) is 53.0 Å². The molecule has 1 aromatic rings. The van der Waals surface area contributed by atoms with Gasteiger partial charge in [0, 0.05) is 17.5 Å². The van der Waals surface area contributed by atoms with E-state index in [1.807, 2.05) is 20.8 Å². The first kappa shape index (κ1) is 19.7. The Morgan fingerprint density at radius 1 is 1.24 bits per heavy atom. The third-order valence-corrected chi connectivity index (χ3v) is 4.81. The summed E-state index contributed by atoms with van der Waals surface area (Å²) < 4.78 is 14.3. The molecular weight excluding hydrogens is 343 g/mol. The molecule has 1 atom stereocenters. The van der Waals surface area contributed by atoms with Crippen molar-refractivity contribution in [2.45, 2.75) is 59.0 Å². The van der Waals surface area contributed by atoms with E-state index in [1.165, 1.54) is 6.07 Å². The maximum atomic E-state index is 14.3. The summed E-state index contributed by atoms with van der Waals surface area (Å²) >= 11 is 5.86. The Morgan fingerprint density at radius 3 is 2.48 bits per heavy atom. The fourth-order valence-corrected chi connectivity index (χ4v) is 3.33. The summed E-state index contributed by atoms with van der Waals surface area (Å²) in [5, 5.41) is 2.91. The van der Waals surface area contributed by atoms with Crippen molar-refractivity contribution in [3.05, 3.63) is 34.6 Å². The average molecular weight is 369 g/mol. The molecule has 0 aliphatic carbocycles. The van der Waals surface area contributed by atoms with Crippen LogP contribution in [0.15, 0.2) is 18.2 Å². The first-order valence-electron chi connectivity index (χ1n) is 8.53. The van der Waals surface area contributed by atoms with Crippen molar-refractivity contribution in [2.24, 2.45) is 5.41 Å². The number of nitrogens with one attached hydrogen (secondary N) is 1. The fraction of sp³-hybridized carbons (Fsp3) is 0.579. The predicted molar refractivity (Wildman–Crippen MR) is 96.8 cm³/mol. The van der Waals surface area contributed by atoms with Crippen molar-refractivity contribution < 1.29 is 14.0 Å². The van der Waals surface area contributed by atoms with E-state index in [2.05, 4.69) is 5.32 Å². The Morgan fingerprint density at radius 2 is 1.88 bits per heavy atom. The lowest BCUT2D eigenvalue weighted by Gasteiger charge is -2.33. The van der Waals surface area contributed by atoms with Crippen LogP contribution in [0.4, 0.5) is 4.39 Å². The van der Waals surface area contributed by atoms with Crippen molar-refractivity contribution in [1.29, 1.82) is 0 Å². The average Bonchev–Trinajstić information content (AvgIpc) is 2.97. The van der Waals surface area contributed by atoms with Gasteiger partial charge in [-0.1, -0.05) is 44.5 Å². The van der Waals surface area contributed by atoms with Gasteiger partial charge in [0.05, 0.1) is 10.6 Å². The van der Waals surface area contributed by atoms with Gasteiger partial charge in [-0.05, 0) is 32.8 Å². The number of rotatable bonds is 3. The fourth-order valence-electron chi connectivity index (χ4n) is 3.16. The van der Waals surface area contributed by atoms with Crippen LogP contribution in [0.25, 0.3) is 0 Å². The molecule has 1 N–H and O–H groups in total. The lowest BCUT2D eigenvalue weighted by Crippen LogP contribution is -2.53. The van der Waals surface area contributed by atoms with Gasteiger partial charge >= 0.3 is 0 Å². The molecule has 6 heteroatoms. The first-order valence-corrected chi connectivity index (χ1v) is 8.90. The van der Waals surface area contributed by atoms with Gasteiger partial charge in [-0.3, -0.25) is 9.59 Å². The van der Waals surface area contributed by atoms with Crippen LogP contribution in [0, 0.1) is 11.2 Å². The van der Waals surface area contributed by atoms with E-state index in [1.54, 1.807) is 30.9 Å². The monoisotopic (exact) mass is 368 g/mol. The number of amides is 2. The van der Waals surface area contributed by atoms with Crippen LogP contribution in [0.2, 0.25) is 5.02 Å². The van der Waals surface area contributed by atoms with Gasteiger partial charge < -0.3 is 10.2 Å². The molecule has 0 bridgehead atoms. The smallest absolute Gasteiger partial charge is 0.243 e. The number of hydrogen-bond acceptors (Lipinski definition) is 2. The van der Waals surface area contributed by atoms with Gasteiger partial charge in [0.2, 0.25) is 11.8 Å². The Labute approximate surface area is 153 Å². The standard InChI is InChI=1S/C19H26ClFN2O2/c1-18(2,3)17(25)23-11-7-10-14(23)16(24)22-19(4,5)12-8-6-9-13(20)15(12)21/h6,8-9,14H,7,10-11H2,1-5H3,(H,22,24). The molecule has 1 aromatic carbocycles. The maximum Gasteiger partial charge on any atom is 0.243 e. The van der Waals surface area contributed by atoms with Crippen molar-refractivity contribution >= 4 is 23.4 Å². The first-order chi connectivity index (χ1) is 11.4. The molecule has 2 rings (SSSR count). The number of carbonyl (C=O) groups excluding carboxylic acids is 2. The molecule has 4 nitrogen and oxygen atoms in total. The molecule has 1 aliphatic rings. The highest BCUT2D eigenvalue weighted by Crippen LogP contribution is 2.30. The van der Waals surface area contributed by atoms with Crippen molar-refractivity contribution in [1.82, 2.24) is 10.2 Å². The van der Waals surface area contributed by atoms with E-state index < -0.39 is 22.8 Å². The lowest BCUT2D eigenvalue weighted by atomic mass is 9.92. The summed E-state index contributed by atoms with van der Waals surface area (Å²) in [6.45, 7) is 9.55. The van der Waals surface area contributed by atoms with Crippen molar-refractivity contribution in [3.8, 4) is 0 Å². The Balaban J connectivity index is 2.20. The van der Waals surface area contributed by atoms with Crippen LogP contribution < -0.4 is 5.32 Å². The van der Waals surface area contributed by atoms with Gasteiger partial charge in [0.1, 0.15) is 11.9 Å². The summed E-state index contributed by atoms with van der Waals surface area (Å²) in [5.74, 6) is -0.847. The molecule has 1 aliphatic heterocycles. The van der Waals surface area contributed by atoms with Crippen LogP contribution in [-0.2, 0) is 15.1 Å². The Bertz CT molecular complexity index is 682. The zero-order chi connectivity index (χ0) is 19.0. The second kappa shape index (κ2) is 6.94. The summed E-state index contributed by atoms with van der Waals surface area (Å²) in [5.41, 5.74) is -1.16. The lowest BCUT2D eigenvalue weighted by molar-refractivity contribution is -0.145. The quantitative estimate of drug-likeness (QED) is 0.880. The highest BCUT2D eigenvalue weighted by Gasteiger charge is 2.40. The summed E-state index contributed by atoms with van der Waals surface area (Å²) in [6.07, 6.45) is 1.40. The number of carbonyl (C=O) groups is 2. The molecule has 0 aromatic heterocycles. The van der Waals surface area contributed by atoms with E-state index in [0.29, 0.717) is 18.5 Å². The van der Waals surface area contributed by atoms with Crippen LogP contribution >= 0.6 is 11.6 Å². The van der Waals surface area contributed by atoms with Crippen LogP contribution in [0.3, 0.4) is 0 Å². The molecule has 2 amide bonds. The Kier molecular flexibility index (Phi) is 5.47. The van der Waals surface area contributed by atoms with Gasteiger partial charge in [-0.2, -0.15) is 0 Å². The Hall–Kier alpha value is -1.62. The normalized spacial score (nSPS) is 18.4. The summed E-state index contributed by atoms with van der Waals surface area (Å²) in [6, 6.07) is 4.21. The van der Waals surface area contributed by atoms with E-state index in [-0.39, 0.29) is 16.8 Å². The zero-order valence-corrected chi connectivity index (χ0v) is 16.2. The van der Waals surface area contributed by atoms with Crippen molar-refractivity contribution in [2.75, 3.05) is 6.54 Å². The van der Waals surface area contributed by atoms with Gasteiger partial charge in [0.15, 0.2) is 0 Å². The minimum atomic E-state index is -0.939. The second-order valence-electron chi connectivity index (χ2n) is 8.12. The molecule has 0 spiro atoms. The van der Waals surface area contributed by atoms with Gasteiger partial charge in [-0.15, -0.1) is 0 Å². The van der Waals surface area contributed by atoms with E-state index in [4.69, 9.17) is 11.6 Å². The summed E-state index contributed by atoms with van der Waals surface area (Å²) in [4.78, 5) is 27.0. The van der Waals surface area contributed by atoms with E-state index in [0.717, 1.165) is 6.42 Å². The molecule has 1 heterocycles. The number of benzene rings is 1. The highest BCUT2D eigenvalue weighted by molar-refractivity contribution is 6.30. The molecule has 1 fully saturated rings. The number of likely N-dealkylation sites (tertiary alicyclic amines) is 1. The number of nitrogens with zero attached hydrogens (tertiary/aromatic N) is 1. The largest absolute Gasteiger partial charge is 0.345 e. The SMILES string of the molecule is CC(C)(C)C(=O)N1CCCC1C(=O)NC(C)(C)c1cccc(Cl)c1F. The maximum absolute atomic E-state index is 14.3. The molecular formula is C19H26ClFN2O2. The minimum absolute atomic E-state index is 0.0187. The van der Waals surface area contributed by atoms with Crippen LogP contribution in [-0.4, -0.2) is 29.3 Å². The topological polar surface area (TPSA) is 49.4 Å². The van der Waals surface area contributed by atoms with Crippen molar-refractivity contribution in [3.63, 3.8) is 0 Å².